The van der Waals surface area contributed by atoms with Crippen molar-refractivity contribution >= 4 is 43.5 Å². The van der Waals surface area contributed by atoms with E-state index < -0.39 is 34.3 Å². The lowest BCUT2D eigenvalue weighted by Crippen LogP contribution is -2.51. The molecule has 0 saturated carbocycles. The summed E-state index contributed by atoms with van der Waals surface area (Å²) >= 11 is 3.41. The predicted octanol–water partition coefficient (Wildman–Crippen LogP) is 4.34. The third-order valence-electron chi connectivity index (χ3n) is 5.48. The normalized spacial score (nSPS) is 12.0. The highest BCUT2D eigenvalue weighted by atomic mass is 79.9. The van der Waals surface area contributed by atoms with E-state index in [0.29, 0.717) is 6.54 Å². The first-order valence-electron chi connectivity index (χ1n) is 11.3. The maximum absolute atomic E-state index is 13.7. The molecule has 3 aromatic carbocycles. The highest BCUT2D eigenvalue weighted by Crippen LogP contribution is 2.25. The van der Waals surface area contributed by atoms with E-state index in [-0.39, 0.29) is 23.0 Å². The number of hydrogen-bond acceptors (Lipinski definition) is 4. The number of anilines is 1. The monoisotopic (exact) mass is 575 g/mol. The lowest BCUT2D eigenvalue weighted by atomic mass is 10.1. The lowest BCUT2D eigenvalue weighted by Gasteiger charge is -2.32. The molecular formula is C26H27BrFN3O4S. The molecule has 0 spiro atoms. The smallest absolute Gasteiger partial charge is 0.264 e. The molecule has 1 atom stereocenters. The fraction of sp³-hybridized carbons (Fsp3) is 0.231. The van der Waals surface area contributed by atoms with E-state index in [1.165, 1.54) is 29.2 Å². The number of carbonyl (C=O) groups excluding carboxylic acids is 2. The number of hydrogen-bond donors (Lipinski definition) is 1. The van der Waals surface area contributed by atoms with Crippen molar-refractivity contribution in [3.8, 4) is 0 Å². The summed E-state index contributed by atoms with van der Waals surface area (Å²) < 4.78 is 42.5. The maximum atomic E-state index is 13.7. The Kier molecular flexibility index (Phi) is 9.22. The number of rotatable bonds is 10. The van der Waals surface area contributed by atoms with Crippen LogP contribution in [0.1, 0.15) is 19.4 Å². The average molecular weight is 576 g/mol. The highest BCUT2D eigenvalue weighted by Gasteiger charge is 2.32. The summed E-state index contributed by atoms with van der Waals surface area (Å²) in [6.45, 7) is 3.24. The number of benzene rings is 3. The first kappa shape index (κ1) is 27.3. The molecule has 0 aliphatic carbocycles. The van der Waals surface area contributed by atoms with Crippen LogP contribution in [0.3, 0.4) is 0 Å². The molecule has 2 amide bonds. The Morgan fingerprint density at radius 2 is 1.67 bits per heavy atom. The number of amides is 2. The van der Waals surface area contributed by atoms with E-state index in [4.69, 9.17) is 0 Å². The predicted molar refractivity (Wildman–Crippen MR) is 140 cm³/mol. The second-order valence-corrected chi connectivity index (χ2v) is 10.8. The molecule has 0 aliphatic heterocycles. The van der Waals surface area contributed by atoms with Crippen LogP contribution in [0.5, 0.6) is 0 Å². The standard InChI is InChI=1S/C26H27BrFN3O4S/c1-3-29-26(33)19(2)30(17-20-8-7-9-21(27)16-20)25(32)18-31(23-14-12-22(28)13-15-23)36(34,35)24-10-5-4-6-11-24/h4-16,19H,3,17-18H2,1-2H3,(H,29,33)/t19-/m1/s1. The van der Waals surface area contributed by atoms with Gasteiger partial charge in [0.25, 0.3) is 10.0 Å². The van der Waals surface area contributed by atoms with Crippen molar-refractivity contribution in [2.45, 2.75) is 31.3 Å². The molecule has 190 valence electrons. The van der Waals surface area contributed by atoms with Crippen LogP contribution in [0.15, 0.2) is 88.2 Å². The first-order valence-corrected chi connectivity index (χ1v) is 13.5. The van der Waals surface area contributed by atoms with E-state index in [0.717, 1.165) is 26.5 Å². The molecule has 0 aromatic heterocycles. The van der Waals surface area contributed by atoms with Gasteiger partial charge in [0.15, 0.2) is 0 Å². The third-order valence-corrected chi connectivity index (χ3v) is 7.77. The van der Waals surface area contributed by atoms with Gasteiger partial charge in [0.1, 0.15) is 18.4 Å². The quantitative estimate of drug-likeness (QED) is 0.389. The van der Waals surface area contributed by atoms with Crippen molar-refractivity contribution < 1.29 is 22.4 Å². The minimum atomic E-state index is -4.18. The number of carbonyl (C=O) groups is 2. The zero-order chi connectivity index (χ0) is 26.3. The van der Waals surface area contributed by atoms with Crippen LogP contribution in [0.2, 0.25) is 0 Å². The van der Waals surface area contributed by atoms with Crippen LogP contribution < -0.4 is 9.62 Å². The van der Waals surface area contributed by atoms with Crippen molar-refractivity contribution in [1.29, 1.82) is 0 Å². The van der Waals surface area contributed by atoms with Gasteiger partial charge >= 0.3 is 0 Å². The fourth-order valence-electron chi connectivity index (χ4n) is 3.59. The van der Waals surface area contributed by atoms with E-state index in [2.05, 4.69) is 21.2 Å². The summed E-state index contributed by atoms with van der Waals surface area (Å²) in [6.07, 6.45) is 0. The Bertz CT molecular complexity index is 1300. The van der Waals surface area contributed by atoms with Gasteiger partial charge in [-0.2, -0.15) is 0 Å². The van der Waals surface area contributed by atoms with Crippen LogP contribution in [0, 0.1) is 5.82 Å². The Morgan fingerprint density at radius 3 is 2.28 bits per heavy atom. The maximum Gasteiger partial charge on any atom is 0.264 e. The van der Waals surface area contributed by atoms with Gasteiger partial charge in [0.05, 0.1) is 10.6 Å². The van der Waals surface area contributed by atoms with E-state index in [1.807, 2.05) is 24.3 Å². The molecular weight excluding hydrogens is 549 g/mol. The first-order chi connectivity index (χ1) is 17.1. The zero-order valence-corrected chi connectivity index (χ0v) is 22.3. The van der Waals surface area contributed by atoms with Gasteiger partial charge in [-0.15, -0.1) is 0 Å². The van der Waals surface area contributed by atoms with Gasteiger partial charge < -0.3 is 10.2 Å². The third kappa shape index (κ3) is 6.70. The Hall–Kier alpha value is -3.24. The second kappa shape index (κ2) is 12.1. The number of halogens is 2. The number of likely N-dealkylation sites (N-methyl/N-ethyl adjacent to an activating group) is 1. The van der Waals surface area contributed by atoms with Crippen molar-refractivity contribution in [2.75, 3.05) is 17.4 Å². The minimum Gasteiger partial charge on any atom is -0.355 e. The van der Waals surface area contributed by atoms with Crippen molar-refractivity contribution in [3.05, 3.63) is 94.7 Å². The van der Waals surface area contributed by atoms with Crippen molar-refractivity contribution in [3.63, 3.8) is 0 Å². The molecule has 3 aromatic rings. The summed E-state index contributed by atoms with van der Waals surface area (Å²) in [4.78, 5) is 27.7. The molecule has 0 heterocycles. The van der Waals surface area contributed by atoms with Gasteiger partial charge in [0.2, 0.25) is 11.8 Å². The number of nitrogens with zero attached hydrogens (tertiary/aromatic N) is 2. The Labute approximate surface area is 219 Å². The molecule has 3 rings (SSSR count). The summed E-state index contributed by atoms with van der Waals surface area (Å²) in [5, 5.41) is 2.71. The molecule has 0 radical (unpaired) electrons. The van der Waals surface area contributed by atoms with Crippen LogP contribution in [-0.4, -0.2) is 44.3 Å². The highest BCUT2D eigenvalue weighted by molar-refractivity contribution is 9.10. The van der Waals surface area contributed by atoms with E-state index in [9.17, 15) is 22.4 Å². The van der Waals surface area contributed by atoms with Gasteiger partial charge in [-0.3, -0.25) is 13.9 Å². The minimum absolute atomic E-state index is 0.0163. The fourth-order valence-corrected chi connectivity index (χ4v) is 5.47. The van der Waals surface area contributed by atoms with E-state index in [1.54, 1.807) is 32.0 Å². The summed E-state index contributed by atoms with van der Waals surface area (Å²) in [5.41, 5.74) is 0.884. The van der Waals surface area contributed by atoms with Gasteiger partial charge in [0, 0.05) is 17.6 Å². The van der Waals surface area contributed by atoms with Gasteiger partial charge in [-0.05, 0) is 67.9 Å². The van der Waals surface area contributed by atoms with Crippen LogP contribution in [0.4, 0.5) is 10.1 Å². The number of sulfonamides is 1. The van der Waals surface area contributed by atoms with Crippen LogP contribution in [-0.2, 0) is 26.2 Å². The van der Waals surface area contributed by atoms with E-state index >= 15 is 0 Å². The molecule has 0 fully saturated rings. The summed E-state index contributed by atoms with van der Waals surface area (Å²) in [6, 6.07) is 19.0. The second-order valence-electron chi connectivity index (χ2n) is 8.02. The van der Waals surface area contributed by atoms with Gasteiger partial charge in [-0.25, -0.2) is 12.8 Å². The molecule has 36 heavy (non-hydrogen) atoms. The Morgan fingerprint density at radius 1 is 1.00 bits per heavy atom. The van der Waals surface area contributed by atoms with Gasteiger partial charge in [-0.1, -0.05) is 46.3 Å². The number of nitrogens with one attached hydrogen (secondary N) is 1. The molecule has 1 N–H and O–H groups in total. The molecule has 0 unspecified atom stereocenters. The summed E-state index contributed by atoms with van der Waals surface area (Å²) in [5.74, 6) is -1.49. The molecule has 0 aliphatic rings. The molecule has 0 bridgehead atoms. The Balaban J connectivity index is 2.01. The van der Waals surface area contributed by atoms with Crippen LogP contribution >= 0.6 is 15.9 Å². The van der Waals surface area contributed by atoms with Crippen molar-refractivity contribution in [1.82, 2.24) is 10.2 Å². The SMILES string of the molecule is CCNC(=O)[C@@H](C)N(Cc1cccc(Br)c1)C(=O)CN(c1ccc(F)cc1)S(=O)(=O)c1ccccc1. The van der Waals surface area contributed by atoms with Crippen LogP contribution in [0.25, 0.3) is 0 Å². The molecule has 0 saturated heterocycles. The summed E-state index contributed by atoms with van der Waals surface area (Å²) in [7, 11) is -4.18. The molecule has 7 nitrogen and oxygen atoms in total. The zero-order valence-electron chi connectivity index (χ0n) is 19.9. The largest absolute Gasteiger partial charge is 0.355 e. The molecule has 10 heteroatoms. The topological polar surface area (TPSA) is 86.8 Å². The lowest BCUT2D eigenvalue weighted by molar-refractivity contribution is -0.139. The van der Waals surface area contributed by atoms with Crippen molar-refractivity contribution in [2.24, 2.45) is 0 Å². The average Bonchev–Trinajstić information content (AvgIpc) is 2.86.